The quantitative estimate of drug-likeness (QED) is 0.705. The zero-order valence-electron chi connectivity index (χ0n) is 14.8. The molecule has 0 aromatic heterocycles. The number of amidine groups is 1. The third kappa shape index (κ3) is 3.92. The van der Waals surface area contributed by atoms with Crippen LogP contribution in [0.4, 0.5) is 0 Å². The van der Waals surface area contributed by atoms with Crippen LogP contribution in [0.25, 0.3) is 5.57 Å². The van der Waals surface area contributed by atoms with Crippen molar-refractivity contribution in [1.29, 1.82) is 0 Å². The van der Waals surface area contributed by atoms with Crippen LogP contribution in [-0.4, -0.2) is 37.3 Å². The highest BCUT2D eigenvalue weighted by Gasteiger charge is 2.29. The first-order valence-electron chi connectivity index (χ1n) is 8.41. The molecule has 0 amide bonds. The Kier molecular flexibility index (Phi) is 4.91. The van der Waals surface area contributed by atoms with Gasteiger partial charge in [0, 0.05) is 11.6 Å². The third-order valence-electron chi connectivity index (χ3n) is 4.20. The van der Waals surface area contributed by atoms with Crippen molar-refractivity contribution in [2.45, 2.75) is 6.92 Å². The molecule has 2 aromatic carbocycles. The number of halogens is 2. The molecule has 0 spiro atoms. The van der Waals surface area contributed by atoms with E-state index in [1.807, 2.05) is 25.1 Å². The van der Waals surface area contributed by atoms with Gasteiger partial charge in [-0.25, -0.2) is 13.4 Å². The smallest absolute Gasteiger partial charge is 0.256 e. The van der Waals surface area contributed by atoms with E-state index in [2.05, 4.69) is 9.50 Å². The molecule has 0 unspecified atom stereocenters. The zero-order chi connectivity index (χ0) is 19.9. The van der Waals surface area contributed by atoms with Crippen LogP contribution in [0.2, 0.25) is 10.0 Å². The van der Waals surface area contributed by atoms with Crippen LogP contribution in [-0.2, 0) is 10.0 Å². The van der Waals surface area contributed by atoms with Crippen LogP contribution in [0.5, 0.6) is 11.5 Å². The molecule has 0 saturated carbocycles. The average molecular weight is 436 g/mol. The maximum atomic E-state index is 11.9. The minimum atomic E-state index is -3.48. The summed E-state index contributed by atoms with van der Waals surface area (Å²) < 4.78 is 33.6. The van der Waals surface area contributed by atoms with E-state index in [1.54, 1.807) is 35.3 Å². The normalized spacial score (nSPS) is 18.0. The first-order valence-corrected chi connectivity index (χ1v) is 10.8. The fourth-order valence-corrected chi connectivity index (χ4v) is 4.14. The highest BCUT2D eigenvalue weighted by atomic mass is 35.5. The summed E-state index contributed by atoms with van der Waals surface area (Å²) in [4.78, 5) is 0. The molecule has 2 aliphatic rings. The van der Waals surface area contributed by atoms with Gasteiger partial charge in [0.05, 0.1) is 28.1 Å². The Balaban J connectivity index is 1.63. The van der Waals surface area contributed by atoms with Crippen LogP contribution in [0.3, 0.4) is 0 Å². The maximum Gasteiger partial charge on any atom is 0.256 e. The summed E-state index contributed by atoms with van der Waals surface area (Å²) >= 11 is 11.9. The van der Waals surface area contributed by atoms with Crippen molar-refractivity contribution in [1.82, 2.24) is 5.01 Å². The summed E-state index contributed by atoms with van der Waals surface area (Å²) in [6, 6.07) is 12.3. The van der Waals surface area contributed by atoms with Gasteiger partial charge in [-0.2, -0.15) is 5.10 Å². The molecule has 0 saturated heterocycles. The van der Waals surface area contributed by atoms with E-state index in [0.29, 0.717) is 33.0 Å². The molecule has 0 N–H and O–H groups in total. The van der Waals surface area contributed by atoms with Gasteiger partial charge in [-0.1, -0.05) is 35.3 Å². The third-order valence-corrected chi connectivity index (χ3v) is 6.08. The molecule has 2 aromatic rings. The Morgan fingerprint density at radius 1 is 1.04 bits per heavy atom. The standard InChI is InChI=1S/C19H15Cl2N3O3S/c1-12-10-16(19-23-28(25,26)9-8-24(19)22-12)13-2-4-14(5-3-13)27-15-6-7-17(20)18(21)11-15/h2-7,10-11H,8-9H2,1H3. The van der Waals surface area contributed by atoms with E-state index < -0.39 is 10.0 Å². The summed E-state index contributed by atoms with van der Waals surface area (Å²) in [5.41, 5.74) is 2.30. The van der Waals surface area contributed by atoms with Gasteiger partial charge < -0.3 is 4.74 Å². The fraction of sp³-hybridized carbons (Fsp3) is 0.158. The first kappa shape index (κ1) is 19.0. The fourth-order valence-electron chi connectivity index (χ4n) is 2.90. The van der Waals surface area contributed by atoms with Gasteiger partial charge in [-0.05, 0) is 42.8 Å². The number of rotatable bonds is 3. The summed E-state index contributed by atoms with van der Waals surface area (Å²) in [5.74, 6) is 1.47. The molecule has 0 fully saturated rings. The highest BCUT2D eigenvalue weighted by Crippen LogP contribution is 2.31. The minimum Gasteiger partial charge on any atom is -0.457 e. The van der Waals surface area contributed by atoms with E-state index in [9.17, 15) is 8.42 Å². The van der Waals surface area contributed by atoms with E-state index in [1.165, 1.54) is 0 Å². The van der Waals surface area contributed by atoms with Gasteiger partial charge >= 0.3 is 0 Å². The van der Waals surface area contributed by atoms with Gasteiger partial charge in [-0.3, -0.25) is 0 Å². The van der Waals surface area contributed by atoms with Crippen molar-refractivity contribution in [3.8, 4) is 11.5 Å². The SMILES string of the molecule is CC1=NN2CCS(=O)(=O)N=C2C(c2ccc(Oc3ccc(Cl)c(Cl)c3)cc2)=C1. The molecule has 2 aliphatic heterocycles. The van der Waals surface area contributed by atoms with E-state index in [-0.39, 0.29) is 12.3 Å². The molecule has 2 heterocycles. The number of ether oxygens (including phenoxy) is 1. The Labute approximate surface area is 172 Å². The maximum absolute atomic E-state index is 11.9. The van der Waals surface area contributed by atoms with E-state index >= 15 is 0 Å². The molecule has 0 bridgehead atoms. The van der Waals surface area contributed by atoms with Crippen molar-refractivity contribution in [2.24, 2.45) is 9.50 Å². The Bertz CT molecular complexity index is 1140. The lowest BCUT2D eigenvalue weighted by atomic mass is 10.0. The topological polar surface area (TPSA) is 71.3 Å². The van der Waals surface area contributed by atoms with Gasteiger partial charge in [0.25, 0.3) is 10.0 Å². The number of hydrogen-bond donors (Lipinski definition) is 0. The van der Waals surface area contributed by atoms with Crippen LogP contribution >= 0.6 is 23.2 Å². The predicted molar refractivity (Wildman–Crippen MR) is 112 cm³/mol. The Morgan fingerprint density at radius 2 is 1.75 bits per heavy atom. The van der Waals surface area contributed by atoms with Crippen molar-refractivity contribution in [2.75, 3.05) is 12.3 Å². The number of benzene rings is 2. The summed E-state index contributed by atoms with van der Waals surface area (Å²) in [6.07, 6.45) is 1.82. The molecule has 0 radical (unpaired) electrons. The molecule has 6 nitrogen and oxygen atoms in total. The van der Waals surface area contributed by atoms with Crippen molar-refractivity contribution >= 4 is 50.3 Å². The second-order valence-electron chi connectivity index (χ2n) is 6.33. The van der Waals surface area contributed by atoms with Crippen LogP contribution < -0.4 is 4.74 Å². The zero-order valence-corrected chi connectivity index (χ0v) is 17.1. The number of sulfonamides is 1. The molecule has 0 aliphatic carbocycles. The lowest BCUT2D eigenvalue weighted by molar-refractivity contribution is 0.461. The second-order valence-corrected chi connectivity index (χ2v) is 8.89. The predicted octanol–water partition coefficient (Wildman–Crippen LogP) is 4.60. The molecule has 9 heteroatoms. The second kappa shape index (κ2) is 7.24. The average Bonchev–Trinajstić information content (AvgIpc) is 2.65. The van der Waals surface area contributed by atoms with Crippen LogP contribution in [0.1, 0.15) is 12.5 Å². The molecule has 4 rings (SSSR count). The van der Waals surface area contributed by atoms with Gasteiger partial charge in [-0.15, -0.1) is 4.40 Å². The van der Waals surface area contributed by atoms with Crippen LogP contribution in [0.15, 0.2) is 58.0 Å². The van der Waals surface area contributed by atoms with Crippen molar-refractivity contribution < 1.29 is 13.2 Å². The summed E-state index contributed by atoms with van der Waals surface area (Å²) in [5, 5.41) is 6.86. The number of hydrogen-bond acceptors (Lipinski definition) is 5. The van der Waals surface area contributed by atoms with Gasteiger partial charge in [0.15, 0.2) is 5.84 Å². The monoisotopic (exact) mass is 435 g/mol. The Hall–Kier alpha value is -2.35. The lowest BCUT2D eigenvalue weighted by Gasteiger charge is -2.29. The van der Waals surface area contributed by atoms with E-state index in [4.69, 9.17) is 27.9 Å². The summed E-state index contributed by atoms with van der Waals surface area (Å²) in [6.45, 7) is 2.15. The number of hydrazone groups is 1. The molecule has 28 heavy (non-hydrogen) atoms. The lowest BCUT2D eigenvalue weighted by Crippen LogP contribution is -2.39. The number of nitrogens with zero attached hydrogens (tertiary/aromatic N) is 3. The first-order chi connectivity index (χ1) is 13.3. The largest absolute Gasteiger partial charge is 0.457 e. The van der Waals surface area contributed by atoms with E-state index in [0.717, 1.165) is 11.3 Å². The van der Waals surface area contributed by atoms with Crippen LogP contribution in [0, 0.1) is 0 Å². The molecule has 0 atom stereocenters. The summed E-state index contributed by atoms with van der Waals surface area (Å²) in [7, 11) is -3.48. The highest BCUT2D eigenvalue weighted by molar-refractivity contribution is 7.90. The van der Waals surface area contributed by atoms with Gasteiger partial charge in [0.1, 0.15) is 11.5 Å². The number of allylic oxidation sites excluding steroid dienone is 1. The molecular weight excluding hydrogens is 421 g/mol. The van der Waals surface area contributed by atoms with Gasteiger partial charge in [0.2, 0.25) is 0 Å². The molecular formula is C19H15Cl2N3O3S. The Morgan fingerprint density at radius 3 is 2.46 bits per heavy atom. The number of fused-ring (bicyclic) bond motifs is 1. The van der Waals surface area contributed by atoms with Crippen molar-refractivity contribution in [3.63, 3.8) is 0 Å². The molecule has 144 valence electrons. The minimum absolute atomic E-state index is 0.0447. The van der Waals surface area contributed by atoms with Crippen molar-refractivity contribution in [3.05, 3.63) is 64.1 Å².